The van der Waals surface area contributed by atoms with E-state index in [-0.39, 0.29) is 11.7 Å². The molecule has 0 aromatic heterocycles. The lowest BCUT2D eigenvalue weighted by atomic mass is 10.1. The van der Waals surface area contributed by atoms with Crippen molar-refractivity contribution in [2.45, 2.75) is 32.0 Å². The molecule has 6 nitrogen and oxygen atoms in total. The van der Waals surface area contributed by atoms with E-state index < -0.39 is 6.10 Å². The number of halogens is 1. The molecule has 0 bridgehead atoms. The van der Waals surface area contributed by atoms with E-state index in [4.69, 9.17) is 9.47 Å². The number of rotatable bonds is 11. The molecule has 0 spiro atoms. The molecular weight excluding hydrogens is 481 g/mol. The minimum absolute atomic E-state index is 0.0138. The molecule has 38 heavy (non-hydrogen) atoms. The molecule has 0 aliphatic carbocycles. The average molecular weight is 518 g/mol. The van der Waals surface area contributed by atoms with Crippen LogP contribution in [0.4, 0.5) is 15.8 Å². The van der Waals surface area contributed by atoms with E-state index in [1.54, 1.807) is 0 Å². The second-order valence-electron chi connectivity index (χ2n) is 9.90. The molecule has 0 radical (unpaired) electrons. The van der Waals surface area contributed by atoms with Gasteiger partial charge in [0.25, 0.3) is 5.91 Å². The monoisotopic (exact) mass is 517 g/mol. The van der Waals surface area contributed by atoms with Crippen LogP contribution in [-0.2, 0) is 16.1 Å². The molecule has 200 valence electrons. The third kappa shape index (κ3) is 6.71. The normalized spacial score (nSPS) is 17.8. The molecule has 1 atom stereocenters. The minimum Gasteiger partial charge on any atom is -0.478 e. The summed E-state index contributed by atoms with van der Waals surface area (Å²) in [5.74, 6) is 0.577. The Morgan fingerprint density at radius 3 is 2.34 bits per heavy atom. The number of carbonyl (C=O) groups excluding carboxylic acids is 1. The summed E-state index contributed by atoms with van der Waals surface area (Å²) in [4.78, 5) is 20.0. The molecule has 3 aromatic carbocycles. The van der Waals surface area contributed by atoms with Crippen molar-refractivity contribution in [3.8, 4) is 5.75 Å². The molecule has 0 saturated carbocycles. The zero-order valence-corrected chi connectivity index (χ0v) is 21.8. The Morgan fingerprint density at radius 1 is 0.842 bits per heavy atom. The maximum absolute atomic E-state index is 13.3. The number of fused-ring (bicyclic) bond motifs is 1. The fourth-order valence-corrected chi connectivity index (χ4v) is 5.13. The Morgan fingerprint density at radius 2 is 1.55 bits per heavy atom. The van der Waals surface area contributed by atoms with E-state index in [0.717, 1.165) is 68.3 Å². The van der Waals surface area contributed by atoms with Crippen molar-refractivity contribution in [3.05, 3.63) is 90.2 Å². The lowest BCUT2D eigenvalue weighted by Gasteiger charge is -2.36. The van der Waals surface area contributed by atoms with E-state index in [9.17, 15) is 9.18 Å². The number of para-hydroxylation sites is 2. The van der Waals surface area contributed by atoms with Crippen molar-refractivity contribution in [1.29, 1.82) is 0 Å². The van der Waals surface area contributed by atoms with Gasteiger partial charge in [0.05, 0.1) is 18.9 Å². The van der Waals surface area contributed by atoms with Gasteiger partial charge in [0.2, 0.25) is 0 Å². The highest BCUT2D eigenvalue weighted by molar-refractivity contribution is 6.00. The fourth-order valence-electron chi connectivity index (χ4n) is 5.13. The maximum atomic E-state index is 13.3. The molecule has 3 aromatic rings. The van der Waals surface area contributed by atoms with Crippen LogP contribution in [0, 0.1) is 5.82 Å². The largest absolute Gasteiger partial charge is 0.478 e. The number of carbonyl (C=O) groups is 1. The quantitative estimate of drug-likeness (QED) is 0.330. The SMILES string of the molecule is O=C1C(CCOCc2ccccc2)Oc2ccccc2N1CCCCN1CCN(c2ccc(F)cc2)CC1. The molecule has 0 N–H and O–H groups in total. The Hall–Kier alpha value is -3.42. The van der Waals surface area contributed by atoms with E-state index in [1.807, 2.05) is 71.6 Å². The summed E-state index contributed by atoms with van der Waals surface area (Å²) < 4.78 is 25.1. The predicted molar refractivity (Wildman–Crippen MR) is 148 cm³/mol. The van der Waals surface area contributed by atoms with Gasteiger partial charge < -0.3 is 19.3 Å². The van der Waals surface area contributed by atoms with Gasteiger partial charge in [-0.15, -0.1) is 0 Å². The van der Waals surface area contributed by atoms with Crippen LogP contribution in [0.15, 0.2) is 78.9 Å². The molecule has 7 heteroatoms. The number of benzene rings is 3. The first-order chi connectivity index (χ1) is 18.7. The molecule has 2 aliphatic rings. The van der Waals surface area contributed by atoms with Gasteiger partial charge in [-0.1, -0.05) is 42.5 Å². The van der Waals surface area contributed by atoms with Crippen molar-refractivity contribution >= 4 is 17.3 Å². The third-order valence-corrected chi connectivity index (χ3v) is 7.27. The summed E-state index contributed by atoms with van der Waals surface area (Å²) in [6, 6.07) is 24.6. The number of ether oxygens (including phenoxy) is 2. The summed E-state index contributed by atoms with van der Waals surface area (Å²) in [7, 11) is 0. The van der Waals surface area contributed by atoms with Crippen LogP contribution >= 0.6 is 0 Å². The number of hydrogen-bond donors (Lipinski definition) is 0. The second kappa shape index (κ2) is 12.9. The molecule has 2 heterocycles. The lowest BCUT2D eigenvalue weighted by molar-refractivity contribution is -0.127. The number of amides is 1. The molecule has 1 amide bonds. The topological polar surface area (TPSA) is 45.3 Å². The molecule has 1 unspecified atom stereocenters. The van der Waals surface area contributed by atoms with Crippen molar-refractivity contribution in [1.82, 2.24) is 4.90 Å². The van der Waals surface area contributed by atoms with E-state index in [1.165, 1.54) is 12.1 Å². The highest BCUT2D eigenvalue weighted by atomic mass is 19.1. The zero-order chi connectivity index (χ0) is 26.2. The molecule has 1 saturated heterocycles. The average Bonchev–Trinajstić information content (AvgIpc) is 2.96. The first kappa shape index (κ1) is 26.2. The van der Waals surface area contributed by atoms with Crippen LogP contribution in [0.3, 0.4) is 0 Å². The third-order valence-electron chi connectivity index (χ3n) is 7.27. The van der Waals surface area contributed by atoms with Crippen molar-refractivity contribution in [3.63, 3.8) is 0 Å². The van der Waals surface area contributed by atoms with Gasteiger partial charge in [0.15, 0.2) is 6.10 Å². The summed E-state index contributed by atoms with van der Waals surface area (Å²) in [6.07, 6.45) is 1.94. The zero-order valence-electron chi connectivity index (χ0n) is 21.8. The highest BCUT2D eigenvalue weighted by Crippen LogP contribution is 2.34. The summed E-state index contributed by atoms with van der Waals surface area (Å²) in [5.41, 5.74) is 3.05. The van der Waals surface area contributed by atoms with Crippen molar-refractivity contribution in [2.75, 3.05) is 55.7 Å². The first-order valence-corrected chi connectivity index (χ1v) is 13.6. The van der Waals surface area contributed by atoms with Crippen molar-refractivity contribution < 1.29 is 18.7 Å². The molecule has 2 aliphatic heterocycles. The van der Waals surface area contributed by atoms with Crippen LogP contribution in [0.25, 0.3) is 0 Å². The van der Waals surface area contributed by atoms with Gasteiger partial charge in [0, 0.05) is 44.8 Å². The number of nitrogens with zero attached hydrogens (tertiary/aromatic N) is 3. The predicted octanol–water partition coefficient (Wildman–Crippen LogP) is 5.13. The fraction of sp³-hybridized carbons (Fsp3) is 0.387. The van der Waals surface area contributed by atoms with Gasteiger partial charge in [-0.25, -0.2) is 4.39 Å². The van der Waals surface area contributed by atoms with Gasteiger partial charge in [0.1, 0.15) is 11.6 Å². The van der Waals surface area contributed by atoms with Crippen LogP contribution in [0.1, 0.15) is 24.8 Å². The van der Waals surface area contributed by atoms with Crippen LogP contribution in [-0.4, -0.2) is 62.8 Å². The Kier molecular flexibility index (Phi) is 8.89. The van der Waals surface area contributed by atoms with Gasteiger partial charge in [-0.05, 0) is 61.3 Å². The Bertz CT molecular complexity index is 1170. The van der Waals surface area contributed by atoms with E-state index in [2.05, 4.69) is 9.80 Å². The highest BCUT2D eigenvalue weighted by Gasteiger charge is 2.33. The summed E-state index contributed by atoms with van der Waals surface area (Å²) in [6.45, 7) is 6.53. The Balaban J connectivity index is 1.07. The van der Waals surface area contributed by atoms with E-state index >= 15 is 0 Å². The smallest absolute Gasteiger partial charge is 0.268 e. The number of anilines is 2. The second-order valence-corrected chi connectivity index (χ2v) is 9.90. The number of hydrogen-bond acceptors (Lipinski definition) is 5. The van der Waals surface area contributed by atoms with Gasteiger partial charge >= 0.3 is 0 Å². The number of unbranched alkanes of at least 4 members (excludes halogenated alkanes) is 1. The summed E-state index contributed by atoms with van der Waals surface area (Å²) in [5, 5.41) is 0. The Labute approximate surface area is 224 Å². The maximum Gasteiger partial charge on any atom is 0.268 e. The number of piperazine rings is 1. The van der Waals surface area contributed by atoms with Crippen LogP contribution in [0.2, 0.25) is 0 Å². The summed E-state index contributed by atoms with van der Waals surface area (Å²) >= 11 is 0. The first-order valence-electron chi connectivity index (χ1n) is 13.6. The molecule has 5 rings (SSSR count). The van der Waals surface area contributed by atoms with Gasteiger partial charge in [-0.2, -0.15) is 0 Å². The van der Waals surface area contributed by atoms with Crippen LogP contribution < -0.4 is 14.5 Å². The van der Waals surface area contributed by atoms with Crippen molar-refractivity contribution in [2.24, 2.45) is 0 Å². The van der Waals surface area contributed by atoms with E-state index in [0.29, 0.717) is 26.2 Å². The lowest BCUT2D eigenvalue weighted by Crippen LogP contribution is -2.47. The van der Waals surface area contributed by atoms with Gasteiger partial charge in [-0.3, -0.25) is 9.69 Å². The molecular formula is C31H36FN3O3. The van der Waals surface area contributed by atoms with Crippen LogP contribution in [0.5, 0.6) is 5.75 Å². The standard InChI is InChI=1S/C31H36FN3O3/c32-26-12-14-27(15-13-26)34-21-19-33(20-22-34)17-6-7-18-35-28-10-4-5-11-29(28)38-30(31(35)36)16-23-37-24-25-8-2-1-3-9-25/h1-5,8-15,30H,6-7,16-24H2. The minimum atomic E-state index is -0.528. The molecule has 1 fully saturated rings.